The van der Waals surface area contributed by atoms with E-state index in [0.29, 0.717) is 17.1 Å². The number of halogens is 1. The Morgan fingerprint density at radius 1 is 1.35 bits per heavy atom. The predicted octanol–water partition coefficient (Wildman–Crippen LogP) is 1.41. The average Bonchev–Trinajstić information content (AvgIpc) is 2.48. The van der Waals surface area contributed by atoms with Crippen LogP contribution in [0.4, 0.5) is 0 Å². The predicted molar refractivity (Wildman–Crippen MR) is 78.8 cm³/mol. The molecule has 1 amide bonds. The highest BCUT2D eigenvalue weighted by Crippen LogP contribution is 2.10. The van der Waals surface area contributed by atoms with E-state index in [2.05, 4.69) is 22.1 Å². The number of hydrogen-bond acceptors (Lipinski definition) is 3. The lowest BCUT2D eigenvalue weighted by atomic mass is 10.2. The number of nitrogens with one attached hydrogen (secondary N) is 1. The molecule has 0 unspecified atom stereocenters. The van der Waals surface area contributed by atoms with Crippen molar-refractivity contribution in [1.29, 1.82) is 0 Å². The summed E-state index contributed by atoms with van der Waals surface area (Å²) < 4.78 is 5.26. The molecule has 1 aliphatic heterocycles. The van der Waals surface area contributed by atoms with Gasteiger partial charge >= 0.3 is 0 Å². The van der Waals surface area contributed by atoms with Crippen LogP contribution in [-0.4, -0.2) is 50.2 Å². The van der Waals surface area contributed by atoms with Crippen molar-refractivity contribution in [2.45, 2.75) is 0 Å². The summed E-state index contributed by atoms with van der Waals surface area (Å²) in [5.74, 6) is 5.84. The fourth-order valence-corrected chi connectivity index (χ4v) is 2.04. The molecule has 1 fully saturated rings. The van der Waals surface area contributed by atoms with Crippen LogP contribution in [0.3, 0.4) is 0 Å². The molecular formula is C15H17ClN2O2. The number of nitrogens with zero attached hydrogens (tertiary/aromatic N) is 1. The van der Waals surface area contributed by atoms with E-state index in [1.807, 2.05) is 0 Å². The van der Waals surface area contributed by atoms with Gasteiger partial charge in [-0.15, -0.1) is 0 Å². The molecule has 20 heavy (non-hydrogen) atoms. The fourth-order valence-electron chi connectivity index (χ4n) is 1.85. The number of amides is 1. The van der Waals surface area contributed by atoms with E-state index in [-0.39, 0.29) is 5.91 Å². The normalized spacial score (nSPS) is 15.2. The van der Waals surface area contributed by atoms with Gasteiger partial charge in [-0.1, -0.05) is 29.5 Å². The lowest BCUT2D eigenvalue weighted by Gasteiger charge is -2.24. The van der Waals surface area contributed by atoms with Gasteiger partial charge in [-0.3, -0.25) is 9.69 Å². The maximum Gasteiger partial charge on any atom is 0.252 e. The summed E-state index contributed by atoms with van der Waals surface area (Å²) in [5, 5.41) is 3.30. The zero-order valence-electron chi connectivity index (χ0n) is 11.2. The van der Waals surface area contributed by atoms with Crippen molar-refractivity contribution < 1.29 is 9.53 Å². The fraction of sp³-hybridized carbons (Fsp3) is 0.400. The first-order chi connectivity index (χ1) is 9.75. The maximum atomic E-state index is 11.8. The molecule has 1 saturated heterocycles. The molecule has 0 aliphatic carbocycles. The van der Waals surface area contributed by atoms with Crippen molar-refractivity contribution >= 4 is 17.5 Å². The first kappa shape index (κ1) is 14.9. The van der Waals surface area contributed by atoms with Crippen LogP contribution in [0.5, 0.6) is 0 Å². The van der Waals surface area contributed by atoms with E-state index in [1.165, 1.54) is 0 Å². The SMILES string of the molecule is O=C(NCC#CCN1CCOCC1)c1cccc(Cl)c1. The first-order valence-electron chi connectivity index (χ1n) is 6.55. The molecule has 0 spiro atoms. The molecule has 106 valence electrons. The number of morpholine rings is 1. The Balaban J connectivity index is 1.71. The summed E-state index contributed by atoms with van der Waals surface area (Å²) in [6.45, 7) is 4.44. The minimum Gasteiger partial charge on any atom is -0.379 e. The van der Waals surface area contributed by atoms with Crippen LogP contribution in [0.2, 0.25) is 5.02 Å². The van der Waals surface area contributed by atoms with Crippen molar-refractivity contribution in [3.05, 3.63) is 34.9 Å². The van der Waals surface area contributed by atoms with Gasteiger partial charge in [0.15, 0.2) is 0 Å². The highest BCUT2D eigenvalue weighted by molar-refractivity contribution is 6.30. The number of rotatable bonds is 3. The topological polar surface area (TPSA) is 41.6 Å². The molecule has 1 N–H and O–H groups in total. The Kier molecular flexibility index (Phi) is 5.87. The molecule has 4 nitrogen and oxygen atoms in total. The summed E-state index contributed by atoms with van der Waals surface area (Å²) in [5.41, 5.74) is 0.549. The van der Waals surface area contributed by atoms with Gasteiger partial charge in [0, 0.05) is 23.7 Å². The Morgan fingerprint density at radius 3 is 2.90 bits per heavy atom. The zero-order chi connectivity index (χ0) is 14.2. The minimum absolute atomic E-state index is 0.159. The third-order valence-corrected chi connectivity index (χ3v) is 3.19. The van der Waals surface area contributed by atoms with Gasteiger partial charge in [0.25, 0.3) is 5.91 Å². The van der Waals surface area contributed by atoms with Crippen molar-refractivity contribution in [3.8, 4) is 11.8 Å². The monoisotopic (exact) mass is 292 g/mol. The van der Waals surface area contributed by atoms with Gasteiger partial charge in [0.2, 0.25) is 0 Å². The van der Waals surface area contributed by atoms with Gasteiger partial charge in [0.05, 0.1) is 26.3 Å². The lowest BCUT2D eigenvalue weighted by Crippen LogP contribution is -2.36. The van der Waals surface area contributed by atoms with Crippen molar-refractivity contribution in [2.75, 3.05) is 39.4 Å². The molecule has 1 aromatic rings. The minimum atomic E-state index is -0.159. The summed E-state index contributed by atoms with van der Waals surface area (Å²) in [7, 11) is 0. The average molecular weight is 293 g/mol. The molecule has 1 aromatic carbocycles. The standard InChI is InChI=1S/C15H17ClN2O2/c16-14-5-3-4-13(12-14)15(19)17-6-1-2-7-18-8-10-20-11-9-18/h3-5,12H,6-11H2,(H,17,19). The number of hydrogen-bond donors (Lipinski definition) is 1. The van der Waals surface area contributed by atoms with Crippen molar-refractivity contribution in [1.82, 2.24) is 10.2 Å². The van der Waals surface area contributed by atoms with Crippen molar-refractivity contribution in [3.63, 3.8) is 0 Å². The van der Waals surface area contributed by atoms with Crippen LogP contribution in [0.1, 0.15) is 10.4 Å². The molecule has 0 bridgehead atoms. The first-order valence-corrected chi connectivity index (χ1v) is 6.93. The number of carbonyl (C=O) groups excluding carboxylic acids is 1. The molecule has 0 saturated carbocycles. The van der Waals surface area contributed by atoms with Crippen LogP contribution in [0, 0.1) is 11.8 Å². The van der Waals surface area contributed by atoms with E-state index in [1.54, 1.807) is 24.3 Å². The molecule has 0 radical (unpaired) electrons. The second-order valence-corrected chi connectivity index (χ2v) is 4.87. The van der Waals surface area contributed by atoms with Gasteiger partial charge in [0.1, 0.15) is 0 Å². The van der Waals surface area contributed by atoms with E-state index in [9.17, 15) is 4.79 Å². The largest absolute Gasteiger partial charge is 0.379 e. The summed E-state index contributed by atoms with van der Waals surface area (Å²) in [6.07, 6.45) is 0. The smallest absolute Gasteiger partial charge is 0.252 e. The molecule has 5 heteroatoms. The lowest BCUT2D eigenvalue weighted by molar-refractivity contribution is 0.0443. The van der Waals surface area contributed by atoms with Crippen LogP contribution in [0.15, 0.2) is 24.3 Å². The number of ether oxygens (including phenoxy) is 1. The number of carbonyl (C=O) groups is 1. The van der Waals surface area contributed by atoms with Gasteiger partial charge in [-0.05, 0) is 18.2 Å². The maximum absolute atomic E-state index is 11.8. The van der Waals surface area contributed by atoms with Gasteiger partial charge in [-0.2, -0.15) is 0 Å². The van der Waals surface area contributed by atoms with Crippen LogP contribution in [0.25, 0.3) is 0 Å². The van der Waals surface area contributed by atoms with Gasteiger partial charge < -0.3 is 10.1 Å². The zero-order valence-corrected chi connectivity index (χ0v) is 11.9. The number of benzene rings is 1. The molecule has 1 aliphatic rings. The summed E-state index contributed by atoms with van der Waals surface area (Å²) >= 11 is 5.84. The Labute approximate surface area is 124 Å². The third-order valence-electron chi connectivity index (χ3n) is 2.96. The highest BCUT2D eigenvalue weighted by Gasteiger charge is 2.07. The summed E-state index contributed by atoms with van der Waals surface area (Å²) in [6, 6.07) is 6.85. The molecular weight excluding hydrogens is 276 g/mol. The van der Waals surface area contributed by atoms with E-state index in [4.69, 9.17) is 16.3 Å². The Hall–Kier alpha value is -1.54. The molecule has 2 rings (SSSR count). The van der Waals surface area contributed by atoms with Gasteiger partial charge in [-0.25, -0.2) is 0 Å². The molecule has 0 atom stereocenters. The second kappa shape index (κ2) is 7.91. The third kappa shape index (κ3) is 4.86. The van der Waals surface area contributed by atoms with E-state index >= 15 is 0 Å². The van der Waals surface area contributed by atoms with E-state index < -0.39 is 0 Å². The van der Waals surface area contributed by atoms with E-state index in [0.717, 1.165) is 32.8 Å². The second-order valence-electron chi connectivity index (χ2n) is 4.44. The molecule has 1 heterocycles. The highest BCUT2D eigenvalue weighted by atomic mass is 35.5. The Morgan fingerprint density at radius 2 is 2.15 bits per heavy atom. The van der Waals surface area contributed by atoms with Crippen LogP contribution in [-0.2, 0) is 4.74 Å². The van der Waals surface area contributed by atoms with Crippen LogP contribution < -0.4 is 5.32 Å². The Bertz CT molecular complexity index is 516. The quantitative estimate of drug-likeness (QED) is 0.857. The summed E-state index contributed by atoms with van der Waals surface area (Å²) in [4.78, 5) is 14.0. The molecule has 0 aromatic heterocycles. The van der Waals surface area contributed by atoms with Crippen LogP contribution >= 0.6 is 11.6 Å². The van der Waals surface area contributed by atoms with Crippen molar-refractivity contribution in [2.24, 2.45) is 0 Å².